The van der Waals surface area contributed by atoms with Crippen LogP contribution in [0.4, 0.5) is 9.18 Å². The number of rotatable bonds is 12. The van der Waals surface area contributed by atoms with Gasteiger partial charge in [0.1, 0.15) is 10.7 Å². The predicted octanol–water partition coefficient (Wildman–Crippen LogP) is 4.40. The summed E-state index contributed by atoms with van der Waals surface area (Å²) in [5.41, 5.74) is 3.59. The Labute approximate surface area is 205 Å². The number of carbonyl (C=O) groups is 1. The van der Waals surface area contributed by atoms with Crippen molar-refractivity contribution < 1.29 is 22.7 Å². The van der Waals surface area contributed by atoms with Gasteiger partial charge in [0.25, 0.3) is 0 Å². The monoisotopic (exact) mass is 514 g/mol. The molecule has 188 valence electrons. The van der Waals surface area contributed by atoms with Crippen molar-refractivity contribution in [3.05, 3.63) is 57.6 Å². The molecule has 1 heterocycles. The second-order valence-corrected chi connectivity index (χ2v) is 10.6. The number of nitrogens with zero attached hydrogens (tertiary/aromatic N) is 3. The number of halogens is 2. The lowest BCUT2D eigenvalue weighted by Gasteiger charge is -2.14. The molecule has 1 amide bonds. The van der Waals surface area contributed by atoms with Crippen molar-refractivity contribution in [1.29, 1.82) is 0 Å². The smallest absolute Gasteiger partial charge is 0.404 e. The molecule has 2 N–H and O–H groups in total. The molecule has 2 aromatic rings. The molecule has 0 saturated carbocycles. The molecule has 0 spiro atoms. The highest BCUT2D eigenvalue weighted by Gasteiger charge is 2.22. The second kappa shape index (κ2) is 12.3. The van der Waals surface area contributed by atoms with Crippen molar-refractivity contribution >= 4 is 27.7 Å². The van der Waals surface area contributed by atoms with Gasteiger partial charge >= 0.3 is 6.09 Å². The first kappa shape index (κ1) is 27.8. The van der Waals surface area contributed by atoms with Gasteiger partial charge in [-0.2, -0.15) is 5.10 Å². The Bertz CT molecular complexity index is 1150. The summed E-state index contributed by atoms with van der Waals surface area (Å²) in [6.45, 7) is 3.86. The van der Waals surface area contributed by atoms with Crippen LogP contribution in [-0.2, 0) is 35.8 Å². The van der Waals surface area contributed by atoms with Gasteiger partial charge in [-0.25, -0.2) is 21.9 Å². The summed E-state index contributed by atoms with van der Waals surface area (Å²) in [7, 11) is -0.755. The number of allylic oxidation sites excluding steroid dienone is 1. The largest absolute Gasteiger partial charge is 0.465 e. The maximum Gasteiger partial charge on any atom is 0.404 e. The van der Waals surface area contributed by atoms with Crippen LogP contribution in [0.5, 0.6) is 0 Å². The van der Waals surface area contributed by atoms with Crippen molar-refractivity contribution in [2.24, 2.45) is 0 Å². The maximum atomic E-state index is 14.5. The van der Waals surface area contributed by atoms with E-state index in [1.807, 2.05) is 13.8 Å². The van der Waals surface area contributed by atoms with Crippen molar-refractivity contribution in [2.45, 2.75) is 57.4 Å². The van der Waals surface area contributed by atoms with Crippen LogP contribution in [0.15, 0.2) is 35.0 Å². The quantitative estimate of drug-likeness (QED) is 0.436. The number of sulfonamides is 1. The Morgan fingerprint density at radius 1 is 1.26 bits per heavy atom. The maximum absolute atomic E-state index is 14.5. The summed E-state index contributed by atoms with van der Waals surface area (Å²) in [5, 5.41) is 15.6. The summed E-state index contributed by atoms with van der Waals surface area (Å²) < 4.78 is 42.2. The van der Waals surface area contributed by atoms with Crippen LogP contribution < -0.4 is 5.32 Å². The third-order valence-electron chi connectivity index (χ3n) is 5.24. The molecule has 34 heavy (non-hydrogen) atoms. The molecule has 0 atom stereocenters. The van der Waals surface area contributed by atoms with Crippen LogP contribution in [0.3, 0.4) is 0 Å². The normalized spacial score (nSPS) is 12.4. The highest BCUT2D eigenvalue weighted by molar-refractivity contribution is 7.89. The molecule has 2 rings (SSSR count). The fraction of sp³-hybridized carbons (Fsp3) is 0.478. The van der Waals surface area contributed by atoms with Gasteiger partial charge in [0, 0.05) is 38.3 Å². The Morgan fingerprint density at radius 2 is 1.94 bits per heavy atom. The standard InChI is InChI=1S/C23H32ClFN4O4S/c1-5-7-20-18(13-16-9-10-22(19(24)14-16)34(32,33)28(3)4)21(8-6-2)29(27-20)15-17(25)11-12-26-23(30)31/h9-11,14,26H,5-8,12-13,15H2,1-4H3,(H,30,31)/b17-11-. The van der Waals surface area contributed by atoms with Crippen molar-refractivity contribution in [2.75, 3.05) is 20.6 Å². The molecule has 1 aromatic carbocycles. The van der Waals surface area contributed by atoms with Gasteiger partial charge in [-0.05, 0) is 36.6 Å². The van der Waals surface area contributed by atoms with E-state index in [1.54, 1.807) is 16.8 Å². The minimum Gasteiger partial charge on any atom is -0.465 e. The third-order valence-corrected chi connectivity index (χ3v) is 7.53. The summed E-state index contributed by atoms with van der Waals surface area (Å²) in [5.74, 6) is -0.482. The lowest BCUT2D eigenvalue weighted by Crippen LogP contribution is -2.22. The second-order valence-electron chi connectivity index (χ2n) is 8.10. The van der Waals surface area contributed by atoms with Crippen LogP contribution >= 0.6 is 11.6 Å². The SMILES string of the molecule is CCCc1nn(C/C(F)=C/CNC(=O)O)c(CCC)c1Cc1ccc(S(=O)(=O)N(C)C)c(Cl)c1. The van der Waals surface area contributed by atoms with E-state index in [0.29, 0.717) is 19.3 Å². The zero-order chi connectivity index (χ0) is 25.5. The Morgan fingerprint density at radius 3 is 2.50 bits per heavy atom. The Hall–Kier alpha value is -2.43. The number of benzene rings is 1. The minimum atomic E-state index is -3.66. The number of hydrogen-bond donors (Lipinski definition) is 2. The molecule has 0 saturated heterocycles. The molecule has 0 aliphatic carbocycles. The molecular formula is C23H32ClFN4O4S. The average molecular weight is 515 g/mol. The molecular weight excluding hydrogens is 483 g/mol. The molecule has 0 unspecified atom stereocenters. The molecule has 0 bridgehead atoms. The zero-order valence-electron chi connectivity index (χ0n) is 19.9. The summed E-state index contributed by atoms with van der Waals surface area (Å²) in [6.07, 6.45) is 3.55. The number of aryl methyl sites for hydroxylation is 1. The Kier molecular flexibility index (Phi) is 10.1. The topological polar surface area (TPSA) is 105 Å². The predicted molar refractivity (Wildman–Crippen MR) is 131 cm³/mol. The molecule has 0 radical (unpaired) electrons. The van der Waals surface area contributed by atoms with Crippen molar-refractivity contribution in [3.8, 4) is 0 Å². The van der Waals surface area contributed by atoms with E-state index < -0.39 is 21.9 Å². The van der Waals surface area contributed by atoms with E-state index in [1.165, 1.54) is 26.2 Å². The van der Waals surface area contributed by atoms with Gasteiger partial charge < -0.3 is 10.4 Å². The summed E-state index contributed by atoms with van der Waals surface area (Å²) >= 11 is 6.34. The van der Waals surface area contributed by atoms with Crippen LogP contribution in [0.25, 0.3) is 0 Å². The molecule has 0 fully saturated rings. The minimum absolute atomic E-state index is 0.0448. The fourth-order valence-corrected chi connectivity index (χ4v) is 5.03. The van der Waals surface area contributed by atoms with Crippen molar-refractivity contribution in [3.63, 3.8) is 0 Å². The van der Waals surface area contributed by atoms with E-state index in [4.69, 9.17) is 16.7 Å². The number of hydrogen-bond acceptors (Lipinski definition) is 4. The fourth-order valence-electron chi connectivity index (χ4n) is 3.60. The van der Waals surface area contributed by atoms with Crippen LogP contribution in [0.2, 0.25) is 5.02 Å². The van der Waals surface area contributed by atoms with Crippen LogP contribution in [-0.4, -0.2) is 54.3 Å². The van der Waals surface area contributed by atoms with Gasteiger partial charge in [0.2, 0.25) is 10.0 Å². The number of amides is 1. The molecule has 0 aliphatic heterocycles. The highest BCUT2D eigenvalue weighted by Crippen LogP contribution is 2.28. The third kappa shape index (κ3) is 7.04. The number of carboxylic acid groups (broad SMARTS) is 1. The molecule has 1 aromatic heterocycles. The van der Waals surface area contributed by atoms with Crippen LogP contribution in [0.1, 0.15) is 49.2 Å². The zero-order valence-corrected chi connectivity index (χ0v) is 21.5. The van der Waals surface area contributed by atoms with Crippen molar-refractivity contribution in [1.82, 2.24) is 19.4 Å². The van der Waals surface area contributed by atoms with Gasteiger partial charge in [-0.15, -0.1) is 0 Å². The average Bonchev–Trinajstić information content (AvgIpc) is 3.04. The Balaban J connectivity index is 2.42. The first-order valence-electron chi connectivity index (χ1n) is 11.1. The molecule has 0 aliphatic rings. The first-order chi connectivity index (χ1) is 16.0. The van der Waals surface area contributed by atoms with E-state index in [9.17, 15) is 17.6 Å². The van der Waals surface area contributed by atoms with E-state index in [2.05, 4.69) is 10.4 Å². The number of aromatic nitrogens is 2. The van der Waals surface area contributed by atoms with E-state index in [-0.39, 0.29) is 23.0 Å². The summed E-state index contributed by atoms with van der Waals surface area (Å²) in [4.78, 5) is 10.6. The molecule has 8 nitrogen and oxygen atoms in total. The summed E-state index contributed by atoms with van der Waals surface area (Å²) in [6, 6.07) is 4.90. The van der Waals surface area contributed by atoms with Gasteiger partial charge in [-0.1, -0.05) is 44.4 Å². The van der Waals surface area contributed by atoms with E-state index in [0.717, 1.165) is 39.7 Å². The van der Waals surface area contributed by atoms with Gasteiger partial charge in [0.05, 0.1) is 17.3 Å². The lowest BCUT2D eigenvalue weighted by atomic mass is 9.99. The van der Waals surface area contributed by atoms with Gasteiger partial charge in [0.15, 0.2) is 0 Å². The highest BCUT2D eigenvalue weighted by atomic mass is 35.5. The first-order valence-corrected chi connectivity index (χ1v) is 12.9. The van der Waals surface area contributed by atoms with Gasteiger partial charge in [-0.3, -0.25) is 4.68 Å². The van der Waals surface area contributed by atoms with Crippen LogP contribution in [0, 0.1) is 0 Å². The lowest BCUT2D eigenvalue weighted by molar-refractivity contribution is 0.195. The van der Waals surface area contributed by atoms with E-state index >= 15 is 0 Å². The number of nitrogens with one attached hydrogen (secondary N) is 1. The molecule has 11 heteroatoms.